The standard InChI is InChI=1S/C22H18FN5O/c1-13-14(2)28(16-10-8-15(23)9-11-16)21-19(13)22-25-20(26-27(22)12-24-21)17-6-4-5-7-18(17)29-3/h4-12H,1-3H3. The maximum absolute atomic E-state index is 13.4. The number of benzene rings is 2. The summed E-state index contributed by atoms with van der Waals surface area (Å²) in [4.78, 5) is 9.44. The molecule has 0 saturated heterocycles. The quantitative estimate of drug-likeness (QED) is 0.457. The summed E-state index contributed by atoms with van der Waals surface area (Å²) in [5, 5.41) is 5.53. The third-order valence-electron chi connectivity index (χ3n) is 5.27. The Labute approximate surface area is 166 Å². The monoisotopic (exact) mass is 387 g/mol. The fourth-order valence-corrected chi connectivity index (χ4v) is 3.71. The van der Waals surface area contributed by atoms with Crippen molar-refractivity contribution in [1.82, 2.24) is 24.1 Å². The van der Waals surface area contributed by atoms with E-state index in [0.29, 0.717) is 11.6 Å². The average molecular weight is 387 g/mol. The molecule has 2 aromatic carbocycles. The summed E-state index contributed by atoms with van der Waals surface area (Å²) in [5.74, 6) is 1.02. The van der Waals surface area contributed by atoms with Gasteiger partial charge in [0.25, 0.3) is 0 Å². The molecule has 0 unspecified atom stereocenters. The first kappa shape index (κ1) is 17.4. The molecule has 0 spiro atoms. The van der Waals surface area contributed by atoms with Crippen molar-refractivity contribution in [2.45, 2.75) is 13.8 Å². The van der Waals surface area contributed by atoms with E-state index in [9.17, 15) is 4.39 Å². The number of halogens is 1. The van der Waals surface area contributed by atoms with Crippen molar-refractivity contribution < 1.29 is 9.13 Å². The Morgan fingerprint density at radius 2 is 1.72 bits per heavy atom. The van der Waals surface area contributed by atoms with Gasteiger partial charge in [-0.05, 0) is 55.8 Å². The second kappa shape index (κ2) is 6.41. The summed E-state index contributed by atoms with van der Waals surface area (Å²) in [5.41, 5.74) is 5.23. The summed E-state index contributed by atoms with van der Waals surface area (Å²) >= 11 is 0. The number of ether oxygens (including phenoxy) is 1. The number of aromatic nitrogens is 5. The normalized spacial score (nSPS) is 11.4. The molecule has 0 aliphatic carbocycles. The molecule has 7 heteroatoms. The highest BCUT2D eigenvalue weighted by molar-refractivity contribution is 5.95. The largest absolute Gasteiger partial charge is 0.496 e. The highest BCUT2D eigenvalue weighted by atomic mass is 19.1. The van der Waals surface area contributed by atoms with E-state index in [1.807, 2.05) is 42.7 Å². The van der Waals surface area contributed by atoms with Crippen LogP contribution >= 0.6 is 0 Å². The highest BCUT2D eigenvalue weighted by Crippen LogP contribution is 2.32. The molecule has 0 radical (unpaired) electrons. The molecule has 0 N–H and O–H groups in total. The predicted octanol–water partition coefficient (Wildman–Crippen LogP) is 4.50. The minimum atomic E-state index is -0.270. The number of aryl methyl sites for hydroxylation is 1. The molecular weight excluding hydrogens is 369 g/mol. The van der Waals surface area contributed by atoms with Crippen LogP contribution < -0.4 is 4.74 Å². The van der Waals surface area contributed by atoms with Gasteiger partial charge in [-0.15, -0.1) is 5.10 Å². The molecule has 0 saturated carbocycles. The van der Waals surface area contributed by atoms with Crippen molar-refractivity contribution in [3.63, 3.8) is 0 Å². The number of fused-ring (bicyclic) bond motifs is 3. The van der Waals surface area contributed by atoms with Crippen LogP contribution in [0.4, 0.5) is 4.39 Å². The molecule has 0 atom stereocenters. The Hall–Kier alpha value is -3.74. The number of hydrogen-bond donors (Lipinski definition) is 0. The van der Waals surface area contributed by atoms with Gasteiger partial charge in [0.15, 0.2) is 17.1 Å². The summed E-state index contributed by atoms with van der Waals surface area (Å²) < 4.78 is 22.6. The Morgan fingerprint density at radius 3 is 2.48 bits per heavy atom. The molecule has 29 heavy (non-hydrogen) atoms. The van der Waals surface area contributed by atoms with Crippen LogP contribution in [0.25, 0.3) is 33.8 Å². The first-order valence-corrected chi connectivity index (χ1v) is 9.21. The Bertz CT molecular complexity index is 1370. The van der Waals surface area contributed by atoms with Crippen LogP contribution in [-0.4, -0.2) is 31.3 Å². The number of nitrogens with zero attached hydrogens (tertiary/aromatic N) is 5. The van der Waals surface area contributed by atoms with Gasteiger partial charge in [-0.1, -0.05) is 12.1 Å². The SMILES string of the molecule is COc1ccccc1-c1nc2c3c(C)c(C)n(-c4ccc(F)cc4)c3ncn2n1. The van der Waals surface area contributed by atoms with Crippen molar-refractivity contribution >= 4 is 16.7 Å². The van der Waals surface area contributed by atoms with Crippen LogP contribution in [0.5, 0.6) is 5.75 Å². The lowest BCUT2D eigenvalue weighted by molar-refractivity contribution is 0.416. The summed E-state index contributed by atoms with van der Waals surface area (Å²) in [6.07, 6.45) is 1.66. The van der Waals surface area contributed by atoms with Gasteiger partial charge in [-0.2, -0.15) is 0 Å². The van der Waals surface area contributed by atoms with Gasteiger partial charge in [-0.3, -0.25) is 4.57 Å². The van der Waals surface area contributed by atoms with E-state index in [2.05, 4.69) is 10.1 Å². The first-order valence-electron chi connectivity index (χ1n) is 9.21. The predicted molar refractivity (Wildman–Crippen MR) is 109 cm³/mol. The Morgan fingerprint density at radius 1 is 0.966 bits per heavy atom. The number of rotatable bonds is 3. The van der Waals surface area contributed by atoms with Crippen LogP contribution in [-0.2, 0) is 0 Å². The van der Waals surface area contributed by atoms with E-state index in [1.165, 1.54) is 12.1 Å². The lowest BCUT2D eigenvalue weighted by Crippen LogP contribution is -1.99. The van der Waals surface area contributed by atoms with Crippen LogP contribution in [0, 0.1) is 19.7 Å². The third-order valence-corrected chi connectivity index (χ3v) is 5.27. The second-order valence-electron chi connectivity index (χ2n) is 6.87. The van der Waals surface area contributed by atoms with E-state index in [4.69, 9.17) is 9.72 Å². The lowest BCUT2D eigenvalue weighted by Gasteiger charge is -2.07. The number of methoxy groups -OCH3 is 1. The molecule has 5 rings (SSSR count). The van der Waals surface area contributed by atoms with Crippen molar-refractivity contribution in [2.24, 2.45) is 0 Å². The average Bonchev–Trinajstić information content (AvgIpc) is 3.28. The van der Waals surface area contributed by atoms with Gasteiger partial charge in [0, 0.05) is 11.4 Å². The van der Waals surface area contributed by atoms with Crippen LogP contribution in [0.3, 0.4) is 0 Å². The highest BCUT2D eigenvalue weighted by Gasteiger charge is 2.20. The number of hydrogen-bond acceptors (Lipinski definition) is 4. The van der Waals surface area contributed by atoms with Gasteiger partial charge in [-0.25, -0.2) is 18.9 Å². The third kappa shape index (κ3) is 2.58. The van der Waals surface area contributed by atoms with Crippen LogP contribution in [0.1, 0.15) is 11.3 Å². The summed E-state index contributed by atoms with van der Waals surface area (Å²) in [7, 11) is 1.63. The smallest absolute Gasteiger partial charge is 0.185 e. The van der Waals surface area contributed by atoms with Gasteiger partial charge in [0.2, 0.25) is 0 Å². The van der Waals surface area contributed by atoms with E-state index in [0.717, 1.165) is 39.2 Å². The number of para-hydroxylation sites is 1. The van der Waals surface area contributed by atoms with E-state index >= 15 is 0 Å². The fourth-order valence-electron chi connectivity index (χ4n) is 3.71. The zero-order chi connectivity index (χ0) is 20.1. The molecule has 0 bridgehead atoms. The molecule has 3 heterocycles. The second-order valence-corrected chi connectivity index (χ2v) is 6.87. The molecule has 144 valence electrons. The summed E-state index contributed by atoms with van der Waals surface area (Å²) in [6, 6.07) is 14.0. The van der Waals surface area contributed by atoms with E-state index in [-0.39, 0.29) is 5.82 Å². The molecule has 0 aliphatic rings. The zero-order valence-electron chi connectivity index (χ0n) is 16.2. The van der Waals surface area contributed by atoms with Gasteiger partial charge in [0.05, 0.1) is 18.1 Å². The van der Waals surface area contributed by atoms with Gasteiger partial charge < -0.3 is 4.74 Å². The molecule has 5 aromatic rings. The maximum atomic E-state index is 13.4. The molecule has 0 fully saturated rings. The minimum Gasteiger partial charge on any atom is -0.496 e. The van der Waals surface area contributed by atoms with E-state index in [1.54, 1.807) is 30.1 Å². The molecule has 0 amide bonds. The topological polar surface area (TPSA) is 57.2 Å². The Balaban J connectivity index is 1.79. The van der Waals surface area contributed by atoms with Gasteiger partial charge >= 0.3 is 0 Å². The van der Waals surface area contributed by atoms with Crippen molar-refractivity contribution in [1.29, 1.82) is 0 Å². The fraction of sp³-hybridized carbons (Fsp3) is 0.136. The lowest BCUT2D eigenvalue weighted by atomic mass is 10.2. The molecule has 6 nitrogen and oxygen atoms in total. The molecule has 3 aromatic heterocycles. The zero-order valence-corrected chi connectivity index (χ0v) is 16.2. The van der Waals surface area contributed by atoms with Crippen molar-refractivity contribution in [3.8, 4) is 22.8 Å². The molecule has 0 aliphatic heterocycles. The van der Waals surface area contributed by atoms with E-state index < -0.39 is 0 Å². The van der Waals surface area contributed by atoms with Gasteiger partial charge in [0.1, 0.15) is 17.9 Å². The van der Waals surface area contributed by atoms with Crippen LogP contribution in [0.15, 0.2) is 54.9 Å². The minimum absolute atomic E-state index is 0.270. The van der Waals surface area contributed by atoms with Crippen LogP contribution in [0.2, 0.25) is 0 Å². The molecular formula is C22H18FN5O. The first-order chi connectivity index (χ1) is 14.1. The van der Waals surface area contributed by atoms with Crippen molar-refractivity contribution in [3.05, 3.63) is 71.9 Å². The van der Waals surface area contributed by atoms with Crippen molar-refractivity contribution in [2.75, 3.05) is 7.11 Å². The Kier molecular flexibility index (Phi) is 3.84. The maximum Gasteiger partial charge on any atom is 0.185 e. The summed E-state index contributed by atoms with van der Waals surface area (Å²) in [6.45, 7) is 4.06.